The molecule has 0 bridgehead atoms. The first-order valence-corrected chi connectivity index (χ1v) is 9.91. The summed E-state index contributed by atoms with van der Waals surface area (Å²) in [5, 5.41) is 0. The molecule has 0 aromatic heterocycles. The summed E-state index contributed by atoms with van der Waals surface area (Å²) in [7, 11) is 0. The third-order valence-corrected chi connectivity index (χ3v) is 7.98. The molecule has 0 saturated carbocycles. The SMILES string of the molecule is [N-]=[N+]=NI1c2ccc(Br)cc2C(=O)N1Cc1ccccc1. The number of hydrogen-bond donors (Lipinski definition) is 0. The number of fused-ring (bicyclic) bond motifs is 1. The molecule has 2 aromatic carbocycles. The number of benzene rings is 2. The Kier molecular flexibility index (Phi) is 4.14. The van der Waals surface area contributed by atoms with E-state index in [9.17, 15) is 4.79 Å². The van der Waals surface area contributed by atoms with Gasteiger partial charge in [-0.3, -0.25) is 0 Å². The van der Waals surface area contributed by atoms with E-state index in [2.05, 4.69) is 24.2 Å². The Morgan fingerprint density at radius 2 is 2.00 bits per heavy atom. The first kappa shape index (κ1) is 14.4. The second kappa shape index (κ2) is 6.05. The Labute approximate surface area is 137 Å². The van der Waals surface area contributed by atoms with Crippen LogP contribution in [0.15, 0.2) is 56.3 Å². The molecule has 7 heteroatoms. The van der Waals surface area contributed by atoms with Crippen molar-refractivity contribution in [2.75, 3.05) is 0 Å². The number of carbonyl (C=O) groups excluding carboxylic acids is 1. The molecule has 0 radical (unpaired) electrons. The summed E-state index contributed by atoms with van der Waals surface area (Å²) in [6.07, 6.45) is 0. The van der Waals surface area contributed by atoms with E-state index >= 15 is 0 Å². The number of hydrogen-bond acceptors (Lipinski definition) is 2. The summed E-state index contributed by atoms with van der Waals surface area (Å²) in [4.78, 5) is 15.6. The van der Waals surface area contributed by atoms with Crippen LogP contribution in [0, 0.1) is 3.57 Å². The normalized spacial score (nSPS) is 14.8. The molecule has 21 heavy (non-hydrogen) atoms. The molecule has 1 amide bonds. The van der Waals surface area contributed by atoms with Crippen LogP contribution in [0.1, 0.15) is 15.9 Å². The van der Waals surface area contributed by atoms with Gasteiger partial charge in [-0.15, -0.1) is 0 Å². The van der Waals surface area contributed by atoms with Gasteiger partial charge in [-0.05, 0) is 0 Å². The van der Waals surface area contributed by atoms with Gasteiger partial charge >= 0.3 is 138 Å². The number of rotatable bonds is 3. The fourth-order valence-electron chi connectivity index (χ4n) is 2.11. The zero-order chi connectivity index (χ0) is 14.8. The number of nitrogens with zero attached hydrogens (tertiary/aromatic N) is 4. The second-order valence-electron chi connectivity index (χ2n) is 4.34. The van der Waals surface area contributed by atoms with Crippen molar-refractivity contribution in [2.24, 2.45) is 3.33 Å². The molecule has 0 unspecified atom stereocenters. The van der Waals surface area contributed by atoms with Crippen molar-refractivity contribution >= 4 is 42.2 Å². The van der Waals surface area contributed by atoms with Crippen molar-refractivity contribution in [3.8, 4) is 0 Å². The van der Waals surface area contributed by atoms with Gasteiger partial charge in [0, 0.05) is 0 Å². The van der Waals surface area contributed by atoms with Crippen LogP contribution >= 0.6 is 36.3 Å². The average molecular weight is 457 g/mol. The standard InChI is InChI=1S/C14H10BrIN4O/c15-11-6-7-13-12(8-11)14(21)20(16(13)18-19-17)9-10-4-2-1-3-5-10/h1-8H,9H2. The molecule has 0 spiro atoms. The molecule has 1 aliphatic heterocycles. The minimum atomic E-state index is -2.37. The Bertz CT molecular complexity index is 746. The van der Waals surface area contributed by atoms with Gasteiger partial charge in [-0.1, -0.05) is 0 Å². The molecular formula is C14H10BrIN4O. The second-order valence-corrected chi connectivity index (χ2v) is 9.42. The summed E-state index contributed by atoms with van der Waals surface area (Å²) < 4.78 is 7.45. The van der Waals surface area contributed by atoms with Crippen molar-refractivity contribution in [1.82, 2.24) is 3.11 Å². The zero-order valence-corrected chi connectivity index (χ0v) is 14.5. The molecule has 2 aromatic rings. The van der Waals surface area contributed by atoms with Crippen LogP contribution in [0.2, 0.25) is 0 Å². The van der Waals surface area contributed by atoms with E-state index < -0.39 is 20.4 Å². The molecule has 106 valence electrons. The number of amides is 1. The molecule has 1 heterocycles. The fraction of sp³-hybridized carbons (Fsp3) is 0.0714. The Morgan fingerprint density at radius 3 is 2.71 bits per heavy atom. The van der Waals surface area contributed by atoms with Crippen LogP contribution in [0.25, 0.3) is 10.4 Å². The van der Waals surface area contributed by atoms with E-state index in [1.807, 2.05) is 42.5 Å². The molecule has 0 N–H and O–H groups in total. The van der Waals surface area contributed by atoms with Gasteiger partial charge in [0.25, 0.3) is 0 Å². The van der Waals surface area contributed by atoms with Crippen LogP contribution in [-0.2, 0) is 6.54 Å². The molecule has 3 rings (SSSR count). The van der Waals surface area contributed by atoms with Crippen molar-refractivity contribution in [3.63, 3.8) is 0 Å². The van der Waals surface area contributed by atoms with Gasteiger partial charge in [0.1, 0.15) is 0 Å². The minimum absolute atomic E-state index is 0.0484. The van der Waals surface area contributed by atoms with E-state index in [-0.39, 0.29) is 5.91 Å². The molecule has 0 fully saturated rings. The Hall–Kier alpha value is -1.57. The van der Waals surface area contributed by atoms with Crippen molar-refractivity contribution in [3.05, 3.63) is 78.1 Å². The summed E-state index contributed by atoms with van der Waals surface area (Å²) in [5.41, 5.74) is 10.5. The molecule has 1 aliphatic rings. The van der Waals surface area contributed by atoms with Gasteiger partial charge in [0.05, 0.1) is 0 Å². The molecule has 0 saturated heterocycles. The predicted molar refractivity (Wildman–Crippen MR) is 92.3 cm³/mol. The topological polar surface area (TPSA) is 69.1 Å². The summed E-state index contributed by atoms with van der Waals surface area (Å²) in [6.45, 7) is 0.482. The van der Waals surface area contributed by atoms with Crippen LogP contribution < -0.4 is 0 Å². The van der Waals surface area contributed by atoms with E-state index in [0.29, 0.717) is 12.1 Å². The average Bonchev–Trinajstić information content (AvgIpc) is 2.74. The fourth-order valence-corrected chi connectivity index (χ4v) is 6.54. The van der Waals surface area contributed by atoms with Crippen molar-refractivity contribution in [2.45, 2.75) is 6.54 Å². The van der Waals surface area contributed by atoms with Crippen LogP contribution in [-0.4, -0.2) is 9.02 Å². The summed E-state index contributed by atoms with van der Waals surface area (Å²) >= 11 is 1.01. The number of azide groups is 1. The van der Waals surface area contributed by atoms with Gasteiger partial charge < -0.3 is 0 Å². The molecular weight excluding hydrogens is 447 g/mol. The Balaban J connectivity index is 2.01. The van der Waals surface area contributed by atoms with Crippen molar-refractivity contribution in [1.29, 1.82) is 0 Å². The van der Waals surface area contributed by atoms with Gasteiger partial charge in [0.15, 0.2) is 0 Å². The van der Waals surface area contributed by atoms with Gasteiger partial charge in [-0.2, -0.15) is 0 Å². The van der Waals surface area contributed by atoms with E-state index in [1.165, 1.54) is 0 Å². The monoisotopic (exact) mass is 456 g/mol. The van der Waals surface area contributed by atoms with Crippen LogP contribution in [0.4, 0.5) is 0 Å². The first-order valence-electron chi connectivity index (χ1n) is 6.11. The number of carbonyl (C=O) groups is 1. The maximum absolute atomic E-state index is 12.6. The Morgan fingerprint density at radius 1 is 1.24 bits per heavy atom. The van der Waals surface area contributed by atoms with Crippen LogP contribution in [0.3, 0.4) is 0 Å². The van der Waals surface area contributed by atoms with Crippen LogP contribution in [0.5, 0.6) is 0 Å². The number of halogens is 2. The quantitative estimate of drug-likeness (QED) is 0.212. The molecule has 5 nitrogen and oxygen atoms in total. The third kappa shape index (κ3) is 2.76. The molecule has 0 atom stereocenters. The van der Waals surface area contributed by atoms with Gasteiger partial charge in [0.2, 0.25) is 0 Å². The third-order valence-electron chi connectivity index (χ3n) is 3.02. The van der Waals surface area contributed by atoms with E-state index in [1.54, 1.807) is 9.18 Å². The van der Waals surface area contributed by atoms with Gasteiger partial charge in [-0.25, -0.2) is 0 Å². The zero-order valence-electron chi connectivity index (χ0n) is 10.8. The predicted octanol–water partition coefficient (Wildman–Crippen LogP) is 4.92. The molecule has 0 aliphatic carbocycles. The summed E-state index contributed by atoms with van der Waals surface area (Å²) in [5.74, 6) is -0.0484. The maximum atomic E-state index is 12.6. The van der Waals surface area contributed by atoms with E-state index in [0.717, 1.165) is 13.6 Å². The van der Waals surface area contributed by atoms with E-state index in [4.69, 9.17) is 5.53 Å². The van der Waals surface area contributed by atoms with Crippen molar-refractivity contribution < 1.29 is 4.79 Å². The first-order chi connectivity index (χ1) is 10.2. The summed E-state index contributed by atoms with van der Waals surface area (Å²) in [6, 6.07) is 15.3.